The number of aryl methyl sites for hydroxylation is 1. The van der Waals surface area contributed by atoms with Crippen molar-refractivity contribution < 1.29 is 4.74 Å². The summed E-state index contributed by atoms with van der Waals surface area (Å²) in [7, 11) is 1.84. The van der Waals surface area contributed by atoms with Gasteiger partial charge in [-0.05, 0) is 12.5 Å². The zero-order chi connectivity index (χ0) is 12.8. The van der Waals surface area contributed by atoms with Crippen molar-refractivity contribution in [3.63, 3.8) is 0 Å². The van der Waals surface area contributed by atoms with Crippen molar-refractivity contribution in [3.8, 4) is 0 Å². The normalized spacial score (nSPS) is 10.3. The number of rotatable bonds is 5. The fraction of sp³-hybridized carbons (Fsp3) is 0.286. The molecule has 18 heavy (non-hydrogen) atoms. The third-order valence-corrected chi connectivity index (χ3v) is 2.50. The molecule has 0 atom stereocenters. The zero-order valence-corrected chi connectivity index (χ0v) is 10.7. The molecule has 94 valence electrons. The van der Waals surface area contributed by atoms with Gasteiger partial charge in [-0.15, -0.1) is 0 Å². The summed E-state index contributed by atoms with van der Waals surface area (Å²) in [5.74, 6) is 1.52. The Hall–Kier alpha value is -1.94. The van der Waals surface area contributed by atoms with Crippen LogP contribution in [0.25, 0.3) is 0 Å². The highest BCUT2D eigenvalue weighted by Crippen LogP contribution is 2.07. The quantitative estimate of drug-likeness (QED) is 0.876. The molecule has 0 aliphatic rings. The zero-order valence-electron chi connectivity index (χ0n) is 10.7. The number of aromatic nitrogens is 2. The summed E-state index contributed by atoms with van der Waals surface area (Å²) in [6, 6.07) is 12.0. The second-order valence-electron chi connectivity index (χ2n) is 4.04. The van der Waals surface area contributed by atoms with Gasteiger partial charge in [-0.3, -0.25) is 0 Å². The molecule has 0 spiro atoms. The molecule has 0 radical (unpaired) electrons. The highest BCUT2D eigenvalue weighted by atomic mass is 16.5. The maximum atomic E-state index is 5.61. The van der Waals surface area contributed by atoms with E-state index in [1.165, 1.54) is 0 Å². The summed E-state index contributed by atoms with van der Waals surface area (Å²) in [5.41, 5.74) is 2.09. The molecule has 0 saturated heterocycles. The van der Waals surface area contributed by atoms with Crippen LogP contribution in [0.4, 0.5) is 5.82 Å². The smallest absolute Gasteiger partial charge is 0.156 e. The maximum absolute atomic E-state index is 5.61. The van der Waals surface area contributed by atoms with Crippen LogP contribution in [0.15, 0.2) is 36.4 Å². The molecule has 4 heteroatoms. The van der Waals surface area contributed by atoms with E-state index in [0.717, 1.165) is 17.1 Å². The minimum atomic E-state index is 0.422. The van der Waals surface area contributed by atoms with E-state index in [2.05, 4.69) is 15.3 Å². The van der Waals surface area contributed by atoms with Crippen molar-refractivity contribution >= 4 is 5.82 Å². The van der Waals surface area contributed by atoms with Gasteiger partial charge in [0, 0.05) is 18.8 Å². The minimum absolute atomic E-state index is 0.422. The van der Waals surface area contributed by atoms with Gasteiger partial charge >= 0.3 is 0 Å². The third kappa shape index (κ3) is 3.53. The van der Waals surface area contributed by atoms with E-state index in [1.807, 2.05) is 50.4 Å². The first-order chi connectivity index (χ1) is 8.78. The van der Waals surface area contributed by atoms with Gasteiger partial charge < -0.3 is 10.1 Å². The van der Waals surface area contributed by atoms with Crippen molar-refractivity contribution in [1.82, 2.24) is 9.97 Å². The van der Waals surface area contributed by atoms with Crippen LogP contribution in [0.1, 0.15) is 17.1 Å². The molecule has 1 aromatic heterocycles. The van der Waals surface area contributed by atoms with Crippen molar-refractivity contribution in [3.05, 3.63) is 53.5 Å². The van der Waals surface area contributed by atoms with E-state index < -0.39 is 0 Å². The Morgan fingerprint density at radius 3 is 2.61 bits per heavy atom. The number of anilines is 1. The van der Waals surface area contributed by atoms with E-state index in [1.54, 1.807) is 0 Å². The Kier molecular flexibility index (Phi) is 4.25. The van der Waals surface area contributed by atoms with E-state index in [0.29, 0.717) is 19.0 Å². The number of benzene rings is 1. The lowest BCUT2D eigenvalue weighted by Crippen LogP contribution is -2.04. The third-order valence-electron chi connectivity index (χ3n) is 2.50. The fourth-order valence-electron chi connectivity index (χ4n) is 1.66. The molecule has 2 aromatic rings. The highest BCUT2D eigenvalue weighted by molar-refractivity contribution is 5.34. The van der Waals surface area contributed by atoms with Crippen LogP contribution < -0.4 is 5.32 Å². The average molecular weight is 243 g/mol. The number of nitrogens with zero attached hydrogens (tertiary/aromatic N) is 2. The number of hydrogen-bond acceptors (Lipinski definition) is 4. The molecule has 0 aliphatic carbocycles. The molecule has 1 N–H and O–H groups in total. The average Bonchev–Trinajstić information content (AvgIpc) is 2.39. The van der Waals surface area contributed by atoms with Crippen LogP contribution >= 0.6 is 0 Å². The molecule has 0 fully saturated rings. The molecule has 0 aliphatic heterocycles. The summed E-state index contributed by atoms with van der Waals surface area (Å²) in [6.07, 6.45) is 0. The van der Waals surface area contributed by atoms with Crippen LogP contribution in [0.5, 0.6) is 0 Å². The Morgan fingerprint density at radius 1 is 1.11 bits per heavy atom. The van der Waals surface area contributed by atoms with Crippen molar-refractivity contribution in [2.45, 2.75) is 20.1 Å². The van der Waals surface area contributed by atoms with Gasteiger partial charge in [-0.1, -0.05) is 30.3 Å². The van der Waals surface area contributed by atoms with Gasteiger partial charge in [0.1, 0.15) is 12.4 Å². The monoisotopic (exact) mass is 243 g/mol. The maximum Gasteiger partial charge on any atom is 0.156 e. The number of nitrogens with one attached hydrogen (secondary N) is 1. The first-order valence-corrected chi connectivity index (χ1v) is 5.92. The standard InChI is InChI=1S/C14H17N3O/c1-11-8-13(15-2)17-14(16-11)10-18-9-12-6-4-3-5-7-12/h3-8H,9-10H2,1-2H3,(H,15,16,17). The number of ether oxygens (including phenoxy) is 1. The lowest BCUT2D eigenvalue weighted by atomic mass is 10.2. The molecule has 0 bridgehead atoms. The van der Waals surface area contributed by atoms with Gasteiger partial charge in [0.15, 0.2) is 5.82 Å². The van der Waals surface area contributed by atoms with E-state index in [9.17, 15) is 0 Å². The molecule has 1 heterocycles. The molecular weight excluding hydrogens is 226 g/mol. The topological polar surface area (TPSA) is 47.0 Å². The molecule has 0 amide bonds. The van der Waals surface area contributed by atoms with Gasteiger partial charge in [0.2, 0.25) is 0 Å². The molecule has 1 aromatic carbocycles. The summed E-state index contributed by atoms with van der Waals surface area (Å²) in [6.45, 7) is 2.95. The second-order valence-corrected chi connectivity index (χ2v) is 4.04. The summed E-state index contributed by atoms with van der Waals surface area (Å²) in [4.78, 5) is 8.67. The number of hydrogen-bond donors (Lipinski definition) is 1. The van der Waals surface area contributed by atoms with Crippen LogP contribution in [0, 0.1) is 6.92 Å². The Balaban J connectivity index is 1.92. The van der Waals surface area contributed by atoms with Gasteiger partial charge in [0.05, 0.1) is 6.61 Å². The second kappa shape index (κ2) is 6.12. The summed E-state index contributed by atoms with van der Waals surface area (Å²) in [5, 5.41) is 3.01. The lowest BCUT2D eigenvalue weighted by molar-refractivity contribution is 0.102. The predicted molar refractivity (Wildman–Crippen MR) is 71.3 cm³/mol. The SMILES string of the molecule is CNc1cc(C)nc(COCc2ccccc2)n1. The van der Waals surface area contributed by atoms with Gasteiger partial charge in [-0.2, -0.15) is 0 Å². The molecule has 2 rings (SSSR count). The lowest BCUT2D eigenvalue weighted by Gasteiger charge is -2.06. The molecular formula is C14H17N3O. The predicted octanol–water partition coefficient (Wildman–Crippen LogP) is 2.54. The highest BCUT2D eigenvalue weighted by Gasteiger charge is 2.01. The van der Waals surface area contributed by atoms with Crippen LogP contribution in [-0.4, -0.2) is 17.0 Å². The fourth-order valence-corrected chi connectivity index (χ4v) is 1.66. The van der Waals surface area contributed by atoms with E-state index >= 15 is 0 Å². The van der Waals surface area contributed by atoms with E-state index in [-0.39, 0.29) is 0 Å². The van der Waals surface area contributed by atoms with Gasteiger partial charge in [0.25, 0.3) is 0 Å². The van der Waals surface area contributed by atoms with Crippen LogP contribution in [0.2, 0.25) is 0 Å². The van der Waals surface area contributed by atoms with Gasteiger partial charge in [-0.25, -0.2) is 9.97 Å². The first-order valence-electron chi connectivity index (χ1n) is 5.92. The largest absolute Gasteiger partial charge is 0.373 e. The van der Waals surface area contributed by atoms with Crippen molar-refractivity contribution in [2.24, 2.45) is 0 Å². The Morgan fingerprint density at radius 2 is 1.89 bits per heavy atom. The Labute approximate surface area is 107 Å². The molecule has 4 nitrogen and oxygen atoms in total. The minimum Gasteiger partial charge on any atom is -0.373 e. The van der Waals surface area contributed by atoms with Crippen molar-refractivity contribution in [1.29, 1.82) is 0 Å². The molecule has 0 unspecified atom stereocenters. The Bertz CT molecular complexity index is 500. The van der Waals surface area contributed by atoms with Crippen molar-refractivity contribution in [2.75, 3.05) is 12.4 Å². The summed E-state index contributed by atoms with van der Waals surface area (Å²) < 4.78 is 5.61. The molecule has 0 saturated carbocycles. The van der Waals surface area contributed by atoms with Crippen LogP contribution in [0.3, 0.4) is 0 Å². The van der Waals surface area contributed by atoms with Crippen LogP contribution in [-0.2, 0) is 18.0 Å². The van der Waals surface area contributed by atoms with E-state index in [4.69, 9.17) is 4.74 Å². The summed E-state index contributed by atoms with van der Waals surface area (Å²) >= 11 is 0. The first kappa shape index (κ1) is 12.5.